The molecule has 0 aliphatic rings. The highest BCUT2D eigenvalue weighted by molar-refractivity contribution is 5.58. The maximum absolute atomic E-state index is 8.32. The third-order valence-corrected chi connectivity index (χ3v) is 0.982. The van der Waals surface area contributed by atoms with Crippen molar-refractivity contribution in [3.05, 3.63) is 24.5 Å². The molecule has 0 aliphatic carbocycles. The number of aromatic nitrogens is 2. The van der Waals surface area contributed by atoms with Crippen LogP contribution in [0.2, 0.25) is 0 Å². The second-order valence-electron chi connectivity index (χ2n) is 1.58. The zero-order valence-electron chi connectivity index (χ0n) is 4.76. The minimum atomic E-state index is 0.434. The Labute approximate surface area is 52.2 Å². The molecule has 0 bridgehead atoms. The van der Waals surface area contributed by atoms with Gasteiger partial charge in [0.05, 0.1) is 11.9 Å². The fourth-order valence-corrected chi connectivity index (χ4v) is 0.480. The van der Waals surface area contributed by atoms with Gasteiger partial charge in [-0.15, -0.1) is 0 Å². The average molecular weight is 125 g/mol. The quantitative estimate of drug-likeness (QED) is 0.500. The molecule has 0 radical (unpaired) electrons. The van der Waals surface area contributed by atoms with E-state index in [1.54, 1.807) is 12.4 Å². The zero-order chi connectivity index (χ0) is 6.69. The molecule has 9 heavy (non-hydrogen) atoms. The maximum atomic E-state index is 8.32. The summed E-state index contributed by atoms with van der Waals surface area (Å²) in [5.41, 5.74) is 3.09. The summed E-state index contributed by atoms with van der Waals surface area (Å²) in [5.74, 6) is 0. The molecule has 4 nitrogen and oxygen atoms in total. The van der Waals surface area contributed by atoms with Crippen LogP contribution in [0, 0.1) is 0 Å². The Hall–Kier alpha value is -1.29. The van der Waals surface area contributed by atoms with Gasteiger partial charge in [-0.2, -0.15) is 5.10 Å². The van der Waals surface area contributed by atoms with Crippen LogP contribution in [0.15, 0.2) is 19.0 Å². The van der Waals surface area contributed by atoms with E-state index >= 15 is 0 Å². The van der Waals surface area contributed by atoms with E-state index in [1.807, 2.05) is 5.48 Å². The topological polar surface area (TPSA) is 60.9 Å². The van der Waals surface area contributed by atoms with Gasteiger partial charge in [-0.1, -0.05) is 6.58 Å². The minimum absolute atomic E-state index is 0.434. The number of nitrogens with one attached hydrogen (secondary N) is 2. The molecule has 0 spiro atoms. The lowest BCUT2D eigenvalue weighted by molar-refractivity contribution is 0.225. The van der Waals surface area contributed by atoms with Crippen molar-refractivity contribution in [2.45, 2.75) is 0 Å². The van der Waals surface area contributed by atoms with Gasteiger partial charge < -0.3 is 0 Å². The Morgan fingerprint density at radius 3 is 3.11 bits per heavy atom. The van der Waals surface area contributed by atoms with E-state index in [2.05, 4.69) is 16.8 Å². The number of H-pyrrole nitrogens is 1. The number of hydroxylamine groups is 1. The third kappa shape index (κ3) is 1.09. The van der Waals surface area contributed by atoms with E-state index in [1.165, 1.54) is 0 Å². The van der Waals surface area contributed by atoms with Crippen molar-refractivity contribution < 1.29 is 5.21 Å². The zero-order valence-corrected chi connectivity index (χ0v) is 4.76. The van der Waals surface area contributed by atoms with Crippen LogP contribution in [0.1, 0.15) is 5.56 Å². The Morgan fingerprint density at radius 2 is 2.67 bits per heavy atom. The first-order valence-electron chi connectivity index (χ1n) is 2.42. The molecule has 0 unspecified atom stereocenters. The molecular weight excluding hydrogens is 118 g/mol. The molecule has 0 saturated heterocycles. The average Bonchev–Trinajstić information content (AvgIpc) is 2.37. The van der Waals surface area contributed by atoms with Gasteiger partial charge in [-0.3, -0.25) is 15.8 Å². The molecule has 4 heteroatoms. The third-order valence-electron chi connectivity index (χ3n) is 0.982. The summed E-state index contributed by atoms with van der Waals surface area (Å²) >= 11 is 0. The Kier molecular flexibility index (Phi) is 1.51. The summed E-state index contributed by atoms with van der Waals surface area (Å²) in [4.78, 5) is 0. The van der Waals surface area contributed by atoms with Crippen molar-refractivity contribution in [1.29, 1.82) is 0 Å². The van der Waals surface area contributed by atoms with Gasteiger partial charge in [-0.05, 0) is 0 Å². The first-order valence-corrected chi connectivity index (χ1v) is 2.42. The molecule has 0 aliphatic heterocycles. The molecule has 0 atom stereocenters. The van der Waals surface area contributed by atoms with Gasteiger partial charge in [0.15, 0.2) is 0 Å². The van der Waals surface area contributed by atoms with Gasteiger partial charge >= 0.3 is 0 Å². The first kappa shape index (κ1) is 5.84. The van der Waals surface area contributed by atoms with E-state index in [4.69, 9.17) is 5.21 Å². The summed E-state index contributed by atoms with van der Waals surface area (Å²) in [6, 6.07) is 0. The summed E-state index contributed by atoms with van der Waals surface area (Å²) in [5, 5.41) is 14.6. The van der Waals surface area contributed by atoms with Crippen LogP contribution in [0.3, 0.4) is 0 Å². The molecule has 0 aromatic carbocycles. The van der Waals surface area contributed by atoms with Crippen LogP contribution in [0.25, 0.3) is 5.70 Å². The summed E-state index contributed by atoms with van der Waals surface area (Å²) in [6.07, 6.45) is 3.19. The number of hydrogen-bond acceptors (Lipinski definition) is 3. The van der Waals surface area contributed by atoms with Crippen LogP contribution in [-0.4, -0.2) is 15.4 Å². The standard InChI is InChI=1S/C5H7N3O/c1-4(8-9)5-2-6-7-3-5/h2-3,8-9H,1H2,(H,6,7). The fraction of sp³-hybridized carbons (Fsp3) is 0. The molecular formula is C5H7N3O. The molecule has 1 aromatic heterocycles. The predicted molar refractivity (Wildman–Crippen MR) is 32.5 cm³/mol. The van der Waals surface area contributed by atoms with E-state index in [9.17, 15) is 0 Å². The van der Waals surface area contributed by atoms with Crippen LogP contribution in [0.4, 0.5) is 0 Å². The lowest BCUT2D eigenvalue weighted by Crippen LogP contribution is -2.02. The predicted octanol–water partition coefficient (Wildman–Crippen LogP) is 0.359. The van der Waals surface area contributed by atoms with E-state index in [0.717, 1.165) is 5.56 Å². The van der Waals surface area contributed by atoms with E-state index < -0.39 is 0 Å². The van der Waals surface area contributed by atoms with Crippen LogP contribution in [-0.2, 0) is 0 Å². The molecule has 1 aromatic rings. The highest BCUT2D eigenvalue weighted by Gasteiger charge is 1.94. The van der Waals surface area contributed by atoms with Crippen molar-refractivity contribution in [2.75, 3.05) is 0 Å². The van der Waals surface area contributed by atoms with Gasteiger partial charge in [0.1, 0.15) is 0 Å². The van der Waals surface area contributed by atoms with Crippen LogP contribution < -0.4 is 5.48 Å². The van der Waals surface area contributed by atoms with Gasteiger partial charge in [0.25, 0.3) is 0 Å². The van der Waals surface area contributed by atoms with Crippen molar-refractivity contribution >= 4 is 5.70 Å². The second-order valence-corrected chi connectivity index (χ2v) is 1.58. The molecule has 1 rings (SSSR count). The molecule has 1 heterocycles. The van der Waals surface area contributed by atoms with Gasteiger partial charge in [0, 0.05) is 11.8 Å². The monoisotopic (exact) mass is 125 g/mol. The fourth-order valence-electron chi connectivity index (χ4n) is 0.480. The molecule has 0 fully saturated rings. The lowest BCUT2D eigenvalue weighted by atomic mass is 10.3. The number of hydrogen-bond donors (Lipinski definition) is 3. The number of aromatic amines is 1. The Balaban J connectivity index is 2.77. The maximum Gasteiger partial charge on any atom is 0.0634 e. The molecule has 3 N–H and O–H groups in total. The van der Waals surface area contributed by atoms with Gasteiger partial charge in [0.2, 0.25) is 0 Å². The van der Waals surface area contributed by atoms with Crippen molar-refractivity contribution in [3.8, 4) is 0 Å². The summed E-state index contributed by atoms with van der Waals surface area (Å²) in [6.45, 7) is 3.49. The molecule has 0 saturated carbocycles. The number of nitrogens with zero attached hydrogens (tertiary/aromatic N) is 1. The van der Waals surface area contributed by atoms with E-state index in [0.29, 0.717) is 5.70 Å². The SMILES string of the molecule is C=C(NO)c1cn[nH]c1. The molecule has 48 valence electrons. The number of rotatable bonds is 2. The normalized spacial score (nSPS) is 9.00. The highest BCUT2D eigenvalue weighted by Crippen LogP contribution is 2.02. The smallest absolute Gasteiger partial charge is 0.0634 e. The lowest BCUT2D eigenvalue weighted by Gasteiger charge is -1.95. The van der Waals surface area contributed by atoms with Crippen molar-refractivity contribution in [3.63, 3.8) is 0 Å². The van der Waals surface area contributed by atoms with Crippen molar-refractivity contribution in [2.24, 2.45) is 0 Å². The summed E-state index contributed by atoms with van der Waals surface area (Å²) < 4.78 is 0. The Bertz CT molecular complexity index is 192. The minimum Gasteiger partial charge on any atom is -0.291 e. The van der Waals surface area contributed by atoms with Gasteiger partial charge in [-0.25, -0.2) is 0 Å². The highest BCUT2D eigenvalue weighted by atomic mass is 16.5. The van der Waals surface area contributed by atoms with Crippen LogP contribution >= 0.6 is 0 Å². The van der Waals surface area contributed by atoms with E-state index in [-0.39, 0.29) is 0 Å². The first-order chi connectivity index (χ1) is 4.34. The largest absolute Gasteiger partial charge is 0.291 e. The van der Waals surface area contributed by atoms with Crippen molar-refractivity contribution in [1.82, 2.24) is 15.7 Å². The molecule has 0 amide bonds. The summed E-state index contributed by atoms with van der Waals surface area (Å²) in [7, 11) is 0. The van der Waals surface area contributed by atoms with Crippen LogP contribution in [0.5, 0.6) is 0 Å². The second kappa shape index (κ2) is 2.32. The Morgan fingerprint density at radius 1 is 1.89 bits per heavy atom.